The van der Waals surface area contributed by atoms with Gasteiger partial charge < -0.3 is 10.2 Å². The molecule has 1 unspecified atom stereocenters. The van der Waals surface area contributed by atoms with Crippen LogP contribution < -0.4 is 9.62 Å². The molecule has 2 amide bonds. The Hall–Kier alpha value is -2.10. The minimum absolute atomic E-state index is 0.129. The molecule has 2 aromatic rings. The first kappa shape index (κ1) is 26.2. The van der Waals surface area contributed by atoms with Crippen molar-refractivity contribution in [1.29, 1.82) is 0 Å². The summed E-state index contributed by atoms with van der Waals surface area (Å²) in [4.78, 5) is 27.4. The second-order valence-electron chi connectivity index (χ2n) is 7.34. The number of nitrogens with zero attached hydrogens (tertiary/aromatic N) is 2. The van der Waals surface area contributed by atoms with Crippen LogP contribution in [0.4, 0.5) is 5.69 Å². The summed E-state index contributed by atoms with van der Waals surface area (Å²) in [6.07, 6.45) is 1.80. The number of rotatable bonds is 10. The van der Waals surface area contributed by atoms with E-state index in [1.54, 1.807) is 55.5 Å². The number of para-hydroxylation sites is 1. The van der Waals surface area contributed by atoms with Crippen LogP contribution in [0.2, 0.25) is 5.02 Å². The van der Waals surface area contributed by atoms with Gasteiger partial charge in [0.1, 0.15) is 12.6 Å². The van der Waals surface area contributed by atoms with Crippen LogP contribution in [0.1, 0.15) is 25.8 Å². The molecule has 1 atom stereocenters. The summed E-state index contributed by atoms with van der Waals surface area (Å²) >= 11 is 9.31. The van der Waals surface area contributed by atoms with Gasteiger partial charge >= 0.3 is 0 Å². The van der Waals surface area contributed by atoms with Crippen LogP contribution in [-0.4, -0.2) is 50.5 Å². The molecular weight excluding hydrogens is 518 g/mol. The molecule has 0 aliphatic carbocycles. The summed E-state index contributed by atoms with van der Waals surface area (Å²) in [5, 5.41) is 3.35. The van der Waals surface area contributed by atoms with Crippen molar-refractivity contribution in [1.82, 2.24) is 10.2 Å². The number of anilines is 1. The molecule has 0 saturated carbocycles. The van der Waals surface area contributed by atoms with Crippen molar-refractivity contribution in [2.75, 3.05) is 23.7 Å². The zero-order chi connectivity index (χ0) is 23.9. The van der Waals surface area contributed by atoms with Gasteiger partial charge in [0.15, 0.2) is 0 Å². The molecule has 10 heteroatoms. The predicted molar refractivity (Wildman–Crippen MR) is 131 cm³/mol. The van der Waals surface area contributed by atoms with Gasteiger partial charge in [-0.05, 0) is 59.1 Å². The quantitative estimate of drug-likeness (QED) is 0.493. The van der Waals surface area contributed by atoms with Gasteiger partial charge in [0.2, 0.25) is 21.8 Å². The summed E-state index contributed by atoms with van der Waals surface area (Å²) in [7, 11) is -3.77. The van der Waals surface area contributed by atoms with Gasteiger partial charge in [-0.3, -0.25) is 13.9 Å². The minimum atomic E-state index is -3.77. The molecule has 0 aliphatic rings. The molecule has 0 aliphatic heterocycles. The Morgan fingerprint density at radius 2 is 1.75 bits per heavy atom. The predicted octanol–water partition coefficient (Wildman–Crippen LogP) is 3.81. The van der Waals surface area contributed by atoms with Crippen LogP contribution >= 0.6 is 27.5 Å². The van der Waals surface area contributed by atoms with Gasteiger partial charge in [0.25, 0.3) is 0 Å². The number of hydrogen-bond donors (Lipinski definition) is 1. The summed E-state index contributed by atoms with van der Waals surface area (Å²) in [5.74, 6) is -0.804. The average molecular weight is 545 g/mol. The van der Waals surface area contributed by atoms with E-state index in [4.69, 9.17) is 11.6 Å². The first-order chi connectivity index (χ1) is 15.0. The summed E-state index contributed by atoms with van der Waals surface area (Å²) in [5.41, 5.74) is 1.11. The largest absolute Gasteiger partial charge is 0.354 e. The molecule has 174 valence electrons. The van der Waals surface area contributed by atoms with Gasteiger partial charge in [0, 0.05) is 22.6 Å². The SMILES string of the molecule is CCCNC(=O)C(C)N(Cc1ccc(Cl)cc1)C(=O)CN(c1ccccc1Br)S(C)(=O)=O. The second-order valence-corrected chi connectivity index (χ2v) is 10.5. The van der Waals surface area contributed by atoms with Gasteiger partial charge in [0.05, 0.1) is 11.9 Å². The second kappa shape index (κ2) is 11.7. The molecule has 0 saturated heterocycles. The minimum Gasteiger partial charge on any atom is -0.354 e. The smallest absolute Gasteiger partial charge is 0.244 e. The van der Waals surface area contributed by atoms with E-state index in [1.807, 2.05) is 6.92 Å². The number of carbonyl (C=O) groups is 2. The number of hydrogen-bond acceptors (Lipinski definition) is 4. The molecule has 0 radical (unpaired) electrons. The molecule has 2 rings (SSSR count). The Balaban J connectivity index is 2.37. The molecular formula is C22H27BrClN3O4S. The van der Waals surface area contributed by atoms with Crippen LogP contribution in [0.5, 0.6) is 0 Å². The topological polar surface area (TPSA) is 86.8 Å². The standard InChI is InChI=1S/C22H27BrClN3O4S/c1-4-13-25-22(29)16(2)26(14-17-9-11-18(24)12-10-17)21(28)15-27(32(3,30)31)20-8-6-5-7-19(20)23/h5-12,16H,4,13-15H2,1-3H3,(H,25,29). The average Bonchev–Trinajstić information content (AvgIpc) is 2.74. The van der Waals surface area contributed by atoms with Crippen LogP contribution in [0.25, 0.3) is 0 Å². The number of halogens is 2. The highest BCUT2D eigenvalue weighted by Gasteiger charge is 2.30. The number of carbonyl (C=O) groups excluding carboxylic acids is 2. The van der Waals surface area contributed by atoms with E-state index >= 15 is 0 Å². The third kappa shape index (κ3) is 7.21. The summed E-state index contributed by atoms with van der Waals surface area (Å²) in [6, 6.07) is 12.9. The molecule has 32 heavy (non-hydrogen) atoms. The van der Waals surface area contributed by atoms with E-state index in [9.17, 15) is 18.0 Å². The molecule has 1 N–H and O–H groups in total. The number of benzene rings is 2. The molecule has 7 nitrogen and oxygen atoms in total. The van der Waals surface area contributed by atoms with E-state index in [2.05, 4.69) is 21.2 Å². The first-order valence-electron chi connectivity index (χ1n) is 10.1. The van der Waals surface area contributed by atoms with Crippen LogP contribution in [-0.2, 0) is 26.2 Å². The monoisotopic (exact) mass is 543 g/mol. The fourth-order valence-electron chi connectivity index (χ4n) is 3.01. The Morgan fingerprint density at radius 1 is 1.12 bits per heavy atom. The lowest BCUT2D eigenvalue weighted by Crippen LogP contribution is -2.51. The van der Waals surface area contributed by atoms with E-state index < -0.39 is 28.5 Å². The fraction of sp³-hybridized carbons (Fsp3) is 0.364. The molecule has 0 spiro atoms. The highest BCUT2D eigenvalue weighted by molar-refractivity contribution is 9.10. The van der Waals surface area contributed by atoms with E-state index in [-0.39, 0.29) is 12.5 Å². The van der Waals surface area contributed by atoms with Crippen LogP contribution in [0, 0.1) is 0 Å². The van der Waals surface area contributed by atoms with Gasteiger partial charge in [-0.1, -0.05) is 42.8 Å². The van der Waals surface area contributed by atoms with Crippen LogP contribution in [0.3, 0.4) is 0 Å². The van der Waals surface area contributed by atoms with E-state index in [0.717, 1.165) is 22.5 Å². The van der Waals surface area contributed by atoms with E-state index in [1.165, 1.54) is 4.90 Å². The molecule has 0 heterocycles. The lowest BCUT2D eigenvalue weighted by Gasteiger charge is -2.31. The summed E-state index contributed by atoms with van der Waals surface area (Å²) in [6.45, 7) is 3.73. The van der Waals surface area contributed by atoms with Crippen molar-refractivity contribution < 1.29 is 18.0 Å². The first-order valence-corrected chi connectivity index (χ1v) is 13.1. The van der Waals surface area contributed by atoms with Crippen molar-refractivity contribution in [2.45, 2.75) is 32.9 Å². The maximum Gasteiger partial charge on any atom is 0.244 e. The molecule has 0 bridgehead atoms. The van der Waals surface area contributed by atoms with Gasteiger partial charge in [-0.2, -0.15) is 0 Å². The Bertz CT molecular complexity index is 1050. The number of amides is 2. The maximum absolute atomic E-state index is 13.4. The highest BCUT2D eigenvalue weighted by atomic mass is 79.9. The third-order valence-electron chi connectivity index (χ3n) is 4.78. The van der Waals surface area contributed by atoms with Crippen LogP contribution in [0.15, 0.2) is 53.0 Å². The van der Waals surface area contributed by atoms with Gasteiger partial charge in [-0.25, -0.2) is 8.42 Å². The molecule has 0 aromatic heterocycles. The lowest BCUT2D eigenvalue weighted by atomic mass is 10.1. The Kier molecular flexibility index (Phi) is 9.54. The Morgan fingerprint density at radius 3 is 2.31 bits per heavy atom. The molecule has 0 fully saturated rings. The summed E-state index contributed by atoms with van der Waals surface area (Å²) < 4.78 is 26.6. The fourth-order valence-corrected chi connectivity index (χ4v) is 4.62. The van der Waals surface area contributed by atoms with Gasteiger partial charge in [-0.15, -0.1) is 0 Å². The number of nitrogens with one attached hydrogen (secondary N) is 1. The normalized spacial score (nSPS) is 12.2. The van der Waals surface area contributed by atoms with Crippen molar-refractivity contribution in [3.8, 4) is 0 Å². The zero-order valence-electron chi connectivity index (χ0n) is 18.2. The highest BCUT2D eigenvalue weighted by Crippen LogP contribution is 2.28. The maximum atomic E-state index is 13.4. The Labute approximate surface area is 202 Å². The van der Waals surface area contributed by atoms with Crippen molar-refractivity contribution in [3.63, 3.8) is 0 Å². The van der Waals surface area contributed by atoms with Crippen molar-refractivity contribution >= 4 is 55.1 Å². The van der Waals surface area contributed by atoms with Crippen molar-refractivity contribution in [2.24, 2.45) is 0 Å². The number of sulfonamides is 1. The molecule has 2 aromatic carbocycles. The zero-order valence-corrected chi connectivity index (χ0v) is 21.4. The van der Waals surface area contributed by atoms with E-state index in [0.29, 0.717) is 21.7 Å². The lowest BCUT2D eigenvalue weighted by molar-refractivity contribution is -0.139. The van der Waals surface area contributed by atoms with Crippen molar-refractivity contribution in [3.05, 3.63) is 63.6 Å². The third-order valence-corrected chi connectivity index (χ3v) is 6.83.